The van der Waals surface area contributed by atoms with E-state index in [0.717, 1.165) is 19.3 Å². The second-order valence-corrected chi connectivity index (χ2v) is 5.66. The summed E-state index contributed by atoms with van der Waals surface area (Å²) in [5.41, 5.74) is 1.26. The Morgan fingerprint density at radius 3 is 2.53 bits per heavy atom. The minimum Gasteiger partial charge on any atom is -0.123 e. The number of alkyl halides is 1. The first-order chi connectivity index (χ1) is 7.15. The van der Waals surface area contributed by atoms with Crippen molar-refractivity contribution in [1.82, 2.24) is 0 Å². The second-order valence-electron chi connectivity index (χ2n) is 4.23. The van der Waals surface area contributed by atoms with Crippen molar-refractivity contribution >= 4 is 34.8 Å². The van der Waals surface area contributed by atoms with Gasteiger partial charge in [0.2, 0.25) is 0 Å². The first-order valence-corrected chi connectivity index (χ1v) is 6.42. The van der Waals surface area contributed by atoms with Gasteiger partial charge in [-0.25, -0.2) is 0 Å². The van der Waals surface area contributed by atoms with Crippen LogP contribution in [0.25, 0.3) is 0 Å². The molecule has 0 aliphatic heterocycles. The van der Waals surface area contributed by atoms with Crippen molar-refractivity contribution in [3.63, 3.8) is 0 Å². The van der Waals surface area contributed by atoms with Crippen molar-refractivity contribution in [1.29, 1.82) is 0 Å². The molecule has 0 N–H and O–H groups in total. The lowest BCUT2D eigenvalue weighted by Gasteiger charge is -2.09. The zero-order valence-electron chi connectivity index (χ0n) is 8.35. The normalized spacial score (nSPS) is 25.8. The fraction of sp³-hybridized carbons (Fsp3) is 0.500. The predicted octanol–water partition coefficient (Wildman–Crippen LogP) is 4.94. The van der Waals surface area contributed by atoms with Crippen molar-refractivity contribution in [2.45, 2.75) is 31.1 Å². The lowest BCUT2D eigenvalue weighted by molar-refractivity contribution is 0.547. The van der Waals surface area contributed by atoms with E-state index >= 15 is 0 Å². The van der Waals surface area contributed by atoms with Gasteiger partial charge in [0.15, 0.2) is 0 Å². The molecule has 1 fully saturated rings. The molecule has 2 unspecified atom stereocenters. The van der Waals surface area contributed by atoms with Crippen LogP contribution in [0.15, 0.2) is 18.2 Å². The second kappa shape index (κ2) is 4.95. The maximum atomic E-state index is 6.08. The van der Waals surface area contributed by atoms with E-state index in [2.05, 4.69) is 6.07 Å². The van der Waals surface area contributed by atoms with Crippen LogP contribution >= 0.6 is 34.8 Å². The Morgan fingerprint density at radius 1 is 1.13 bits per heavy atom. The van der Waals surface area contributed by atoms with Gasteiger partial charge in [-0.2, -0.15) is 0 Å². The molecule has 0 heterocycles. The van der Waals surface area contributed by atoms with Crippen LogP contribution in [0.3, 0.4) is 0 Å². The number of hydrogen-bond donors (Lipinski definition) is 0. The minimum atomic E-state index is 0.373. The van der Waals surface area contributed by atoms with Gasteiger partial charge >= 0.3 is 0 Å². The molecule has 3 heteroatoms. The van der Waals surface area contributed by atoms with E-state index in [1.54, 1.807) is 0 Å². The fourth-order valence-corrected chi connectivity index (χ4v) is 2.90. The van der Waals surface area contributed by atoms with Crippen LogP contribution in [0.1, 0.15) is 24.8 Å². The van der Waals surface area contributed by atoms with E-state index in [4.69, 9.17) is 34.8 Å². The number of rotatable bonds is 2. The average molecular weight is 264 g/mol. The Labute approximate surface area is 106 Å². The Balaban J connectivity index is 2.02. The zero-order chi connectivity index (χ0) is 10.8. The van der Waals surface area contributed by atoms with Crippen LogP contribution in [0.5, 0.6) is 0 Å². The molecule has 1 aromatic rings. The Hall–Kier alpha value is 0.0900. The third-order valence-electron chi connectivity index (χ3n) is 2.99. The summed E-state index contributed by atoms with van der Waals surface area (Å²) < 4.78 is 0. The fourth-order valence-electron chi connectivity index (χ4n) is 2.20. The molecular formula is C12H13Cl3. The third-order valence-corrected chi connectivity index (χ3v) is 4.12. The summed E-state index contributed by atoms with van der Waals surface area (Å²) in [6.45, 7) is 0. The van der Waals surface area contributed by atoms with Crippen LogP contribution in [-0.2, 0) is 6.42 Å². The van der Waals surface area contributed by atoms with Crippen molar-refractivity contribution in [3.05, 3.63) is 33.8 Å². The molecule has 2 rings (SSSR count). The van der Waals surface area contributed by atoms with Gasteiger partial charge in [0, 0.05) is 5.38 Å². The average Bonchev–Trinajstić information content (AvgIpc) is 2.58. The van der Waals surface area contributed by atoms with Crippen molar-refractivity contribution in [2.75, 3.05) is 0 Å². The molecule has 15 heavy (non-hydrogen) atoms. The molecule has 1 aliphatic carbocycles. The molecule has 1 aliphatic rings. The van der Waals surface area contributed by atoms with E-state index in [0.29, 0.717) is 21.3 Å². The maximum Gasteiger partial charge on any atom is 0.0595 e. The predicted molar refractivity (Wildman–Crippen MR) is 67.1 cm³/mol. The molecule has 0 radical (unpaired) electrons. The van der Waals surface area contributed by atoms with E-state index in [-0.39, 0.29) is 0 Å². The topological polar surface area (TPSA) is 0 Å². The van der Waals surface area contributed by atoms with Gasteiger partial charge in [-0.15, -0.1) is 11.6 Å². The molecule has 0 bridgehead atoms. The first kappa shape index (κ1) is 11.6. The SMILES string of the molecule is Clc1ccc(CC2CCC(Cl)C2)cc1Cl. The molecule has 0 spiro atoms. The van der Waals surface area contributed by atoms with Crippen LogP contribution in [0, 0.1) is 5.92 Å². The third kappa shape index (κ3) is 3.03. The molecular weight excluding hydrogens is 250 g/mol. The van der Waals surface area contributed by atoms with Crippen molar-refractivity contribution < 1.29 is 0 Å². The van der Waals surface area contributed by atoms with Crippen LogP contribution in [-0.4, -0.2) is 5.38 Å². The zero-order valence-corrected chi connectivity index (χ0v) is 10.6. The monoisotopic (exact) mass is 262 g/mol. The number of hydrogen-bond acceptors (Lipinski definition) is 0. The summed E-state index contributed by atoms with van der Waals surface area (Å²) in [4.78, 5) is 0. The van der Waals surface area contributed by atoms with E-state index < -0.39 is 0 Å². The van der Waals surface area contributed by atoms with Crippen LogP contribution in [0.4, 0.5) is 0 Å². The Morgan fingerprint density at radius 2 is 1.93 bits per heavy atom. The highest BCUT2D eigenvalue weighted by Crippen LogP contribution is 2.33. The summed E-state index contributed by atoms with van der Waals surface area (Å²) in [5, 5.41) is 1.65. The van der Waals surface area contributed by atoms with E-state index in [9.17, 15) is 0 Å². The van der Waals surface area contributed by atoms with Gasteiger partial charge in [0.1, 0.15) is 0 Å². The van der Waals surface area contributed by atoms with E-state index in [1.807, 2.05) is 12.1 Å². The molecule has 0 saturated heterocycles. The molecule has 2 atom stereocenters. The van der Waals surface area contributed by atoms with Crippen LogP contribution in [0.2, 0.25) is 10.0 Å². The molecule has 0 nitrogen and oxygen atoms in total. The molecule has 1 aromatic carbocycles. The van der Waals surface area contributed by atoms with Gasteiger partial charge in [-0.05, 0) is 49.3 Å². The largest absolute Gasteiger partial charge is 0.123 e. The summed E-state index contributed by atoms with van der Waals surface area (Å²) in [6.07, 6.45) is 4.57. The summed E-state index contributed by atoms with van der Waals surface area (Å²) >= 11 is 17.9. The van der Waals surface area contributed by atoms with Gasteiger partial charge in [0.05, 0.1) is 10.0 Å². The van der Waals surface area contributed by atoms with Crippen molar-refractivity contribution in [2.24, 2.45) is 5.92 Å². The highest BCUT2D eigenvalue weighted by Gasteiger charge is 2.22. The smallest absolute Gasteiger partial charge is 0.0595 e. The minimum absolute atomic E-state index is 0.373. The number of benzene rings is 1. The van der Waals surface area contributed by atoms with Gasteiger partial charge in [-0.1, -0.05) is 29.3 Å². The Kier molecular flexibility index (Phi) is 3.82. The van der Waals surface area contributed by atoms with Gasteiger partial charge in [0.25, 0.3) is 0 Å². The lowest BCUT2D eigenvalue weighted by atomic mass is 9.98. The highest BCUT2D eigenvalue weighted by molar-refractivity contribution is 6.42. The van der Waals surface area contributed by atoms with Gasteiger partial charge in [-0.3, -0.25) is 0 Å². The van der Waals surface area contributed by atoms with Crippen molar-refractivity contribution in [3.8, 4) is 0 Å². The summed E-state index contributed by atoms with van der Waals surface area (Å²) in [7, 11) is 0. The first-order valence-electron chi connectivity index (χ1n) is 5.23. The maximum absolute atomic E-state index is 6.08. The summed E-state index contributed by atoms with van der Waals surface area (Å²) in [6, 6.07) is 5.88. The van der Waals surface area contributed by atoms with E-state index in [1.165, 1.54) is 12.0 Å². The quantitative estimate of drug-likeness (QED) is 0.663. The molecule has 82 valence electrons. The molecule has 1 saturated carbocycles. The molecule has 0 amide bonds. The lowest BCUT2D eigenvalue weighted by Crippen LogP contribution is -2.00. The van der Waals surface area contributed by atoms with Gasteiger partial charge < -0.3 is 0 Å². The highest BCUT2D eigenvalue weighted by atomic mass is 35.5. The Bertz CT molecular complexity index is 349. The number of halogens is 3. The molecule has 0 aromatic heterocycles. The summed E-state index contributed by atoms with van der Waals surface area (Å²) in [5.74, 6) is 0.713. The standard InChI is InChI=1S/C12H13Cl3/c13-10-3-1-8(6-10)5-9-2-4-11(14)12(15)7-9/h2,4,7-8,10H,1,3,5-6H2. The van der Waals surface area contributed by atoms with Crippen LogP contribution < -0.4 is 0 Å².